The van der Waals surface area contributed by atoms with Crippen LogP contribution in [0, 0.1) is 6.92 Å². The van der Waals surface area contributed by atoms with Crippen molar-refractivity contribution in [3.63, 3.8) is 0 Å². The van der Waals surface area contributed by atoms with Crippen LogP contribution in [0.5, 0.6) is 0 Å². The van der Waals surface area contributed by atoms with E-state index in [1.54, 1.807) is 0 Å². The average molecular weight is 399 g/mol. The summed E-state index contributed by atoms with van der Waals surface area (Å²) in [6.07, 6.45) is 0.770. The zero-order valence-electron chi connectivity index (χ0n) is 14.7. The van der Waals surface area contributed by atoms with Gasteiger partial charge in [0.25, 0.3) is 0 Å². The first-order valence-electron chi connectivity index (χ1n) is 8.61. The summed E-state index contributed by atoms with van der Waals surface area (Å²) in [7, 11) is 0. The van der Waals surface area contributed by atoms with E-state index in [-0.39, 0.29) is 6.04 Å². The number of nitrogens with zero attached hydrogens (tertiary/aromatic N) is 3. The minimum absolute atomic E-state index is 0.0246. The van der Waals surface area contributed by atoms with Crippen molar-refractivity contribution in [3.05, 3.63) is 58.7 Å². The number of fused-ring (bicyclic) bond motifs is 1. The first kappa shape index (κ1) is 17.9. The molecule has 8 heteroatoms. The van der Waals surface area contributed by atoms with Crippen LogP contribution in [0.25, 0.3) is 21.5 Å². The largest absolute Gasteiger partial charge is 0.359 e. The summed E-state index contributed by atoms with van der Waals surface area (Å²) in [6.45, 7) is 2.63. The molecule has 2 heterocycles. The summed E-state index contributed by atoms with van der Waals surface area (Å²) in [4.78, 5) is 0. The first-order chi connectivity index (χ1) is 13.1. The molecule has 27 heavy (non-hydrogen) atoms. The molecule has 0 aliphatic carbocycles. The number of hydrogen-bond acceptors (Lipinski definition) is 6. The third-order valence-corrected chi connectivity index (χ3v) is 5.53. The Morgan fingerprint density at radius 2 is 2.00 bits per heavy atom. The number of aryl methyl sites for hydroxylation is 1. The highest BCUT2D eigenvalue weighted by Crippen LogP contribution is 2.29. The standard InChI is InChI=1S/C19H19ClN6S/c1-11-16-9-13(4-7-17(16)24-23-11)18-25-26-19(27-18)22-10-15(21)8-12-2-5-14(20)6-3-12/h2-7,9,15H,8,10,21H2,1H3,(H,22,26)(H,23,24). The summed E-state index contributed by atoms with van der Waals surface area (Å²) in [6, 6.07) is 13.8. The lowest BCUT2D eigenvalue weighted by Crippen LogP contribution is -2.31. The number of aromatic nitrogens is 4. The van der Waals surface area contributed by atoms with Crippen LogP contribution in [0.1, 0.15) is 11.3 Å². The van der Waals surface area contributed by atoms with Gasteiger partial charge in [0.1, 0.15) is 5.01 Å². The molecule has 138 valence electrons. The first-order valence-corrected chi connectivity index (χ1v) is 9.80. The molecule has 2 aromatic carbocycles. The minimum Gasteiger partial charge on any atom is -0.359 e. The van der Waals surface area contributed by atoms with Crippen LogP contribution < -0.4 is 11.1 Å². The van der Waals surface area contributed by atoms with Crippen molar-refractivity contribution in [3.8, 4) is 10.6 Å². The van der Waals surface area contributed by atoms with Crippen molar-refractivity contribution in [2.24, 2.45) is 5.73 Å². The maximum atomic E-state index is 6.23. The van der Waals surface area contributed by atoms with Gasteiger partial charge in [-0.25, -0.2) is 0 Å². The second-order valence-corrected chi connectivity index (χ2v) is 7.88. The van der Waals surface area contributed by atoms with Crippen LogP contribution in [0.4, 0.5) is 5.13 Å². The summed E-state index contributed by atoms with van der Waals surface area (Å²) in [5.41, 5.74) is 10.4. The fourth-order valence-electron chi connectivity index (χ4n) is 2.90. The van der Waals surface area contributed by atoms with Crippen molar-refractivity contribution in [1.29, 1.82) is 0 Å². The number of aromatic amines is 1. The Morgan fingerprint density at radius 1 is 1.19 bits per heavy atom. The van der Waals surface area contributed by atoms with E-state index in [1.165, 1.54) is 11.3 Å². The van der Waals surface area contributed by atoms with Crippen molar-refractivity contribution >= 4 is 39.0 Å². The van der Waals surface area contributed by atoms with Crippen LogP contribution >= 0.6 is 22.9 Å². The fraction of sp³-hybridized carbons (Fsp3) is 0.211. The van der Waals surface area contributed by atoms with E-state index in [0.717, 1.165) is 49.3 Å². The lowest BCUT2D eigenvalue weighted by molar-refractivity contribution is 0.698. The number of benzene rings is 2. The summed E-state index contributed by atoms with van der Waals surface area (Å²) >= 11 is 7.43. The smallest absolute Gasteiger partial charge is 0.206 e. The second-order valence-electron chi connectivity index (χ2n) is 6.46. The molecule has 4 N–H and O–H groups in total. The van der Waals surface area contributed by atoms with Crippen molar-refractivity contribution in [2.75, 3.05) is 11.9 Å². The fourth-order valence-corrected chi connectivity index (χ4v) is 3.77. The Balaban J connectivity index is 1.40. The van der Waals surface area contributed by atoms with E-state index in [0.29, 0.717) is 6.54 Å². The monoisotopic (exact) mass is 398 g/mol. The van der Waals surface area contributed by atoms with Crippen LogP contribution in [-0.2, 0) is 6.42 Å². The van der Waals surface area contributed by atoms with Crippen molar-refractivity contribution in [1.82, 2.24) is 20.4 Å². The highest BCUT2D eigenvalue weighted by molar-refractivity contribution is 7.18. The van der Waals surface area contributed by atoms with Gasteiger partial charge in [-0.05, 0) is 49.2 Å². The topological polar surface area (TPSA) is 92.5 Å². The van der Waals surface area contributed by atoms with Gasteiger partial charge in [0.2, 0.25) is 5.13 Å². The molecule has 0 bridgehead atoms. The molecule has 4 rings (SSSR count). The predicted molar refractivity (Wildman–Crippen MR) is 111 cm³/mol. The SMILES string of the molecule is Cc1[nH]nc2ccc(-c3nnc(NCC(N)Cc4ccc(Cl)cc4)s3)cc12. The third kappa shape index (κ3) is 4.10. The van der Waals surface area contributed by atoms with E-state index < -0.39 is 0 Å². The van der Waals surface area contributed by atoms with Gasteiger partial charge in [-0.3, -0.25) is 5.10 Å². The van der Waals surface area contributed by atoms with Gasteiger partial charge in [-0.1, -0.05) is 35.1 Å². The number of nitrogens with one attached hydrogen (secondary N) is 2. The molecule has 2 aromatic heterocycles. The number of halogens is 1. The molecule has 6 nitrogen and oxygen atoms in total. The van der Waals surface area contributed by atoms with Gasteiger partial charge < -0.3 is 11.1 Å². The maximum Gasteiger partial charge on any atom is 0.206 e. The second kappa shape index (κ2) is 7.64. The van der Waals surface area contributed by atoms with Gasteiger partial charge in [0.05, 0.1) is 5.52 Å². The van der Waals surface area contributed by atoms with E-state index >= 15 is 0 Å². The number of H-pyrrole nitrogens is 1. The number of rotatable bonds is 6. The number of anilines is 1. The van der Waals surface area contributed by atoms with E-state index in [4.69, 9.17) is 17.3 Å². The average Bonchev–Trinajstić information content (AvgIpc) is 3.29. The Morgan fingerprint density at radius 3 is 2.81 bits per heavy atom. The lowest BCUT2D eigenvalue weighted by Gasteiger charge is -2.12. The van der Waals surface area contributed by atoms with Gasteiger partial charge in [0, 0.05) is 34.3 Å². The van der Waals surface area contributed by atoms with Crippen LogP contribution in [0.15, 0.2) is 42.5 Å². The molecule has 0 aliphatic rings. The quantitative estimate of drug-likeness (QED) is 0.456. The maximum absolute atomic E-state index is 6.23. The minimum atomic E-state index is -0.0246. The molecule has 1 unspecified atom stereocenters. The van der Waals surface area contributed by atoms with Gasteiger partial charge in [-0.15, -0.1) is 10.2 Å². The van der Waals surface area contributed by atoms with E-state index in [9.17, 15) is 0 Å². The molecule has 0 spiro atoms. The normalized spacial score (nSPS) is 12.4. The van der Waals surface area contributed by atoms with Crippen molar-refractivity contribution < 1.29 is 0 Å². The summed E-state index contributed by atoms with van der Waals surface area (Å²) in [5, 5.41) is 22.5. The van der Waals surface area contributed by atoms with Crippen LogP contribution in [0.3, 0.4) is 0 Å². The zero-order valence-corrected chi connectivity index (χ0v) is 16.3. The molecule has 4 aromatic rings. The van der Waals surface area contributed by atoms with Gasteiger partial charge >= 0.3 is 0 Å². The third-order valence-electron chi connectivity index (χ3n) is 4.34. The molecular weight excluding hydrogens is 380 g/mol. The Hall–Kier alpha value is -2.48. The molecular formula is C19H19ClN6S. The lowest BCUT2D eigenvalue weighted by atomic mass is 10.1. The molecule has 1 atom stereocenters. The Bertz CT molecular complexity index is 1060. The highest BCUT2D eigenvalue weighted by atomic mass is 35.5. The Labute approximate surface area is 165 Å². The van der Waals surface area contributed by atoms with E-state index in [2.05, 4.69) is 31.8 Å². The molecule has 0 radical (unpaired) electrons. The number of nitrogens with two attached hydrogens (primary N) is 1. The summed E-state index contributed by atoms with van der Waals surface area (Å²) in [5.74, 6) is 0. The highest BCUT2D eigenvalue weighted by Gasteiger charge is 2.11. The van der Waals surface area contributed by atoms with Crippen molar-refractivity contribution in [2.45, 2.75) is 19.4 Å². The zero-order chi connectivity index (χ0) is 18.8. The van der Waals surface area contributed by atoms with Gasteiger partial charge in [0.15, 0.2) is 0 Å². The predicted octanol–water partition coefficient (Wildman–Crippen LogP) is 4.03. The van der Waals surface area contributed by atoms with Crippen LogP contribution in [-0.4, -0.2) is 33.0 Å². The number of hydrogen-bond donors (Lipinski definition) is 3. The molecule has 0 fully saturated rings. The molecule has 0 amide bonds. The summed E-state index contributed by atoms with van der Waals surface area (Å²) < 4.78 is 0. The van der Waals surface area contributed by atoms with Crippen LogP contribution in [0.2, 0.25) is 5.02 Å². The van der Waals surface area contributed by atoms with E-state index in [1.807, 2.05) is 43.3 Å². The van der Waals surface area contributed by atoms with Gasteiger partial charge in [-0.2, -0.15) is 5.10 Å². The Kier molecular flexibility index (Phi) is 5.07. The molecule has 0 saturated heterocycles. The molecule has 0 saturated carbocycles. The molecule has 0 aliphatic heterocycles.